The fourth-order valence-electron chi connectivity index (χ4n) is 2.97. The van der Waals surface area contributed by atoms with E-state index in [1.54, 1.807) is 30.0 Å². The van der Waals surface area contributed by atoms with Crippen LogP contribution in [0.3, 0.4) is 0 Å². The number of hydrogen-bond acceptors (Lipinski definition) is 4. The molecule has 0 aromatic heterocycles. The highest BCUT2D eigenvalue weighted by Crippen LogP contribution is 2.31. The number of benzene rings is 2. The van der Waals surface area contributed by atoms with Gasteiger partial charge in [-0.2, -0.15) is 0 Å². The Morgan fingerprint density at radius 1 is 1.30 bits per heavy atom. The molecule has 2 N–H and O–H groups in total. The van der Waals surface area contributed by atoms with Crippen LogP contribution in [0.4, 0.5) is 10.1 Å². The average molecular weight is 387 g/mol. The Balaban J connectivity index is 1.72. The van der Waals surface area contributed by atoms with Crippen molar-refractivity contribution >= 4 is 29.3 Å². The fourth-order valence-corrected chi connectivity index (χ4v) is 3.90. The Labute approximate surface area is 162 Å². The highest BCUT2D eigenvalue weighted by molar-refractivity contribution is 7.99. The van der Waals surface area contributed by atoms with E-state index in [0.29, 0.717) is 24.2 Å². The van der Waals surface area contributed by atoms with Gasteiger partial charge in [-0.05, 0) is 50.0 Å². The van der Waals surface area contributed by atoms with Gasteiger partial charge in [0.25, 0.3) is 5.91 Å². The number of anilines is 1. The van der Waals surface area contributed by atoms with Gasteiger partial charge in [-0.1, -0.05) is 12.1 Å². The van der Waals surface area contributed by atoms with E-state index in [-0.39, 0.29) is 23.7 Å². The van der Waals surface area contributed by atoms with Crippen molar-refractivity contribution in [1.29, 1.82) is 0 Å². The van der Waals surface area contributed by atoms with Gasteiger partial charge in [-0.25, -0.2) is 4.39 Å². The summed E-state index contributed by atoms with van der Waals surface area (Å²) in [7, 11) is 3.77. The molecule has 0 radical (unpaired) electrons. The molecule has 3 rings (SSSR count). The molecule has 0 bridgehead atoms. The number of halogens is 1. The second-order valence-corrected chi connectivity index (χ2v) is 7.74. The monoisotopic (exact) mass is 387 g/mol. The van der Waals surface area contributed by atoms with Crippen LogP contribution in [0.2, 0.25) is 0 Å². The molecule has 7 heteroatoms. The zero-order valence-corrected chi connectivity index (χ0v) is 16.1. The SMILES string of the molecule is CN(C)C(CNC(=O)c1ccc2c(c1)NC(=O)CCS2)c1cccc(F)c1. The van der Waals surface area contributed by atoms with Gasteiger partial charge in [0.15, 0.2) is 0 Å². The minimum absolute atomic E-state index is 0.0439. The van der Waals surface area contributed by atoms with Crippen molar-refractivity contribution in [3.8, 4) is 0 Å². The Bertz CT molecular complexity index is 857. The Hall–Kier alpha value is -2.38. The van der Waals surface area contributed by atoms with Gasteiger partial charge < -0.3 is 15.5 Å². The first-order valence-electron chi connectivity index (χ1n) is 8.71. The molecule has 2 aromatic carbocycles. The van der Waals surface area contributed by atoms with Crippen LogP contribution < -0.4 is 10.6 Å². The Kier molecular flexibility index (Phi) is 6.13. The molecule has 142 valence electrons. The second kappa shape index (κ2) is 8.54. The van der Waals surface area contributed by atoms with E-state index in [4.69, 9.17) is 0 Å². The van der Waals surface area contributed by atoms with Crippen LogP contribution in [-0.4, -0.2) is 43.1 Å². The number of carbonyl (C=O) groups excluding carboxylic acids is 2. The molecule has 2 aromatic rings. The van der Waals surface area contributed by atoms with Crippen molar-refractivity contribution in [3.05, 3.63) is 59.4 Å². The molecule has 1 unspecified atom stereocenters. The standard InChI is InChI=1S/C20H22FN3O2S/c1-24(2)17(13-4-3-5-15(21)10-13)12-22-20(26)14-6-7-18-16(11-14)23-19(25)8-9-27-18/h3-7,10-11,17H,8-9,12H2,1-2H3,(H,22,26)(H,23,25). The fraction of sp³-hybridized carbons (Fsp3) is 0.300. The third-order valence-electron chi connectivity index (χ3n) is 4.42. The molecule has 0 saturated heterocycles. The number of carbonyl (C=O) groups is 2. The van der Waals surface area contributed by atoms with Crippen LogP contribution in [0, 0.1) is 5.82 Å². The normalized spacial score (nSPS) is 14.9. The van der Waals surface area contributed by atoms with Gasteiger partial charge in [-0.15, -0.1) is 11.8 Å². The highest BCUT2D eigenvalue weighted by atomic mass is 32.2. The smallest absolute Gasteiger partial charge is 0.251 e. The quantitative estimate of drug-likeness (QED) is 0.827. The third-order valence-corrected chi connectivity index (χ3v) is 5.49. The molecule has 1 heterocycles. The number of amides is 2. The summed E-state index contributed by atoms with van der Waals surface area (Å²) >= 11 is 1.60. The second-order valence-electron chi connectivity index (χ2n) is 6.60. The summed E-state index contributed by atoms with van der Waals surface area (Å²) in [6.45, 7) is 0.341. The van der Waals surface area contributed by atoms with E-state index in [2.05, 4.69) is 10.6 Å². The van der Waals surface area contributed by atoms with Crippen molar-refractivity contribution < 1.29 is 14.0 Å². The Morgan fingerprint density at radius 3 is 2.85 bits per heavy atom. The summed E-state index contributed by atoms with van der Waals surface area (Å²) < 4.78 is 13.5. The highest BCUT2D eigenvalue weighted by Gasteiger charge is 2.18. The van der Waals surface area contributed by atoms with Gasteiger partial charge in [0.2, 0.25) is 5.91 Å². The first-order valence-corrected chi connectivity index (χ1v) is 9.69. The van der Waals surface area contributed by atoms with Gasteiger partial charge >= 0.3 is 0 Å². The lowest BCUT2D eigenvalue weighted by atomic mass is 10.1. The number of likely N-dealkylation sites (N-methyl/N-ethyl adjacent to an activating group) is 1. The third kappa shape index (κ3) is 4.87. The molecule has 27 heavy (non-hydrogen) atoms. The zero-order chi connectivity index (χ0) is 19.4. The van der Waals surface area contributed by atoms with Gasteiger partial charge in [0.05, 0.1) is 11.7 Å². The van der Waals surface area contributed by atoms with E-state index in [1.807, 2.05) is 31.1 Å². The van der Waals surface area contributed by atoms with Crippen LogP contribution in [0.5, 0.6) is 0 Å². The van der Waals surface area contributed by atoms with E-state index in [1.165, 1.54) is 12.1 Å². The largest absolute Gasteiger partial charge is 0.350 e. The summed E-state index contributed by atoms with van der Waals surface area (Å²) in [5.41, 5.74) is 1.95. The number of hydrogen-bond donors (Lipinski definition) is 2. The summed E-state index contributed by atoms with van der Waals surface area (Å²) in [6, 6.07) is 11.5. The van der Waals surface area contributed by atoms with E-state index in [9.17, 15) is 14.0 Å². The molecule has 2 amide bonds. The lowest BCUT2D eigenvalue weighted by Crippen LogP contribution is -2.34. The first-order chi connectivity index (χ1) is 12.9. The molecule has 0 spiro atoms. The zero-order valence-electron chi connectivity index (χ0n) is 15.3. The summed E-state index contributed by atoms with van der Waals surface area (Å²) in [5, 5.41) is 5.75. The molecule has 1 aliphatic heterocycles. The van der Waals surface area contributed by atoms with Crippen molar-refractivity contribution in [2.75, 3.05) is 31.7 Å². The maximum atomic E-state index is 13.5. The molecular formula is C20H22FN3O2S. The van der Waals surface area contributed by atoms with Crippen LogP contribution >= 0.6 is 11.8 Å². The average Bonchev–Trinajstić information content (AvgIpc) is 2.81. The number of fused-ring (bicyclic) bond motifs is 1. The molecular weight excluding hydrogens is 365 g/mol. The van der Waals surface area contributed by atoms with Crippen molar-refractivity contribution in [2.24, 2.45) is 0 Å². The minimum Gasteiger partial charge on any atom is -0.350 e. The predicted molar refractivity (Wildman–Crippen MR) is 106 cm³/mol. The number of thioether (sulfide) groups is 1. The summed E-state index contributed by atoms with van der Waals surface area (Å²) in [6.07, 6.45) is 0.457. The topological polar surface area (TPSA) is 61.4 Å². The predicted octanol–water partition coefficient (Wildman–Crippen LogP) is 3.29. The van der Waals surface area contributed by atoms with E-state index in [0.717, 1.165) is 16.2 Å². The first kappa shape index (κ1) is 19.4. The van der Waals surface area contributed by atoms with E-state index < -0.39 is 0 Å². The maximum absolute atomic E-state index is 13.5. The van der Waals surface area contributed by atoms with Crippen molar-refractivity contribution in [1.82, 2.24) is 10.2 Å². The molecule has 0 aliphatic carbocycles. The lowest BCUT2D eigenvalue weighted by Gasteiger charge is -2.25. The van der Waals surface area contributed by atoms with E-state index >= 15 is 0 Å². The van der Waals surface area contributed by atoms with Crippen molar-refractivity contribution in [3.63, 3.8) is 0 Å². The van der Waals surface area contributed by atoms with Crippen LogP contribution in [0.15, 0.2) is 47.4 Å². The van der Waals surface area contributed by atoms with Gasteiger partial charge in [0.1, 0.15) is 5.82 Å². The molecule has 1 atom stereocenters. The summed E-state index contributed by atoms with van der Waals surface area (Å²) in [5.74, 6) is 0.148. The summed E-state index contributed by atoms with van der Waals surface area (Å²) in [4.78, 5) is 27.2. The van der Waals surface area contributed by atoms with Crippen LogP contribution in [-0.2, 0) is 4.79 Å². The van der Waals surface area contributed by atoms with Crippen LogP contribution in [0.1, 0.15) is 28.4 Å². The van der Waals surface area contributed by atoms with Gasteiger partial charge in [-0.3, -0.25) is 9.59 Å². The number of nitrogens with one attached hydrogen (secondary N) is 2. The lowest BCUT2D eigenvalue weighted by molar-refractivity contribution is -0.115. The molecule has 1 aliphatic rings. The molecule has 0 saturated carbocycles. The maximum Gasteiger partial charge on any atom is 0.251 e. The number of nitrogens with zero attached hydrogens (tertiary/aromatic N) is 1. The molecule has 5 nitrogen and oxygen atoms in total. The number of rotatable bonds is 5. The van der Waals surface area contributed by atoms with Gasteiger partial charge in [0, 0.05) is 29.2 Å². The van der Waals surface area contributed by atoms with Crippen LogP contribution in [0.25, 0.3) is 0 Å². The minimum atomic E-state index is -0.301. The Morgan fingerprint density at radius 2 is 2.11 bits per heavy atom. The van der Waals surface area contributed by atoms with Crippen molar-refractivity contribution in [2.45, 2.75) is 17.4 Å². The molecule has 0 fully saturated rings.